The molecule has 1 aliphatic heterocycles. The number of aromatic nitrogens is 3. The molecule has 0 spiro atoms. The van der Waals surface area contributed by atoms with Crippen LogP contribution in [0.4, 0.5) is 16.8 Å². The number of ether oxygens (including phenoxy) is 1. The van der Waals surface area contributed by atoms with E-state index < -0.39 is 0 Å². The van der Waals surface area contributed by atoms with Crippen LogP contribution in [-0.2, 0) is 9.53 Å². The van der Waals surface area contributed by atoms with Gasteiger partial charge in [-0.05, 0) is 36.8 Å². The van der Waals surface area contributed by atoms with Crippen LogP contribution >= 0.6 is 11.3 Å². The number of piperidine rings is 1. The predicted molar refractivity (Wildman–Crippen MR) is 115 cm³/mol. The van der Waals surface area contributed by atoms with Gasteiger partial charge in [0.2, 0.25) is 0 Å². The van der Waals surface area contributed by atoms with Gasteiger partial charge >= 0.3 is 5.97 Å². The summed E-state index contributed by atoms with van der Waals surface area (Å²) in [7, 11) is 0. The lowest BCUT2D eigenvalue weighted by molar-refractivity contribution is -0.147. The lowest BCUT2D eigenvalue weighted by atomic mass is 10.1. The fourth-order valence-corrected chi connectivity index (χ4v) is 4.24. The first-order valence-corrected chi connectivity index (χ1v) is 10.4. The molecule has 8 heteroatoms. The van der Waals surface area contributed by atoms with Crippen LogP contribution in [0.3, 0.4) is 0 Å². The molecule has 4 heterocycles. The van der Waals surface area contributed by atoms with Gasteiger partial charge in [0.1, 0.15) is 17.7 Å². The van der Waals surface area contributed by atoms with Crippen LogP contribution in [0.25, 0.3) is 10.6 Å². The molecule has 0 aromatic carbocycles. The molecule has 0 unspecified atom stereocenters. The Kier molecular flexibility index (Phi) is 5.71. The fourth-order valence-electron chi connectivity index (χ4n) is 3.31. The number of aryl methyl sites for hydroxylation is 1. The highest BCUT2D eigenvalue weighted by Crippen LogP contribution is 2.32. The SMILES string of the molecule is CC(=O)OC1CCN(c2ncc(-c3cccc(Nc4cc(C)ccn4)n3)s2)CC1. The zero-order valence-corrected chi connectivity index (χ0v) is 17.3. The monoisotopic (exact) mass is 409 g/mol. The lowest BCUT2D eigenvalue weighted by Gasteiger charge is -2.31. The second-order valence-electron chi connectivity index (χ2n) is 7.05. The van der Waals surface area contributed by atoms with E-state index >= 15 is 0 Å². The van der Waals surface area contributed by atoms with Crippen LogP contribution < -0.4 is 10.2 Å². The van der Waals surface area contributed by atoms with Gasteiger partial charge in [0.15, 0.2) is 5.13 Å². The summed E-state index contributed by atoms with van der Waals surface area (Å²) < 4.78 is 5.31. The normalized spacial score (nSPS) is 14.6. The summed E-state index contributed by atoms with van der Waals surface area (Å²) in [6, 6.07) is 9.83. The highest BCUT2D eigenvalue weighted by molar-refractivity contribution is 7.18. The van der Waals surface area contributed by atoms with E-state index in [-0.39, 0.29) is 12.1 Å². The second kappa shape index (κ2) is 8.57. The van der Waals surface area contributed by atoms with E-state index in [1.54, 1.807) is 17.5 Å². The van der Waals surface area contributed by atoms with Crippen molar-refractivity contribution >= 4 is 34.1 Å². The largest absolute Gasteiger partial charge is 0.462 e. The van der Waals surface area contributed by atoms with Gasteiger partial charge < -0.3 is 15.0 Å². The maximum absolute atomic E-state index is 11.1. The number of esters is 1. The van der Waals surface area contributed by atoms with E-state index in [1.807, 2.05) is 43.5 Å². The van der Waals surface area contributed by atoms with Crippen molar-refractivity contribution in [1.82, 2.24) is 15.0 Å². The Labute approximate surface area is 173 Å². The van der Waals surface area contributed by atoms with Crippen molar-refractivity contribution in [2.45, 2.75) is 32.8 Å². The molecule has 1 aliphatic rings. The summed E-state index contributed by atoms with van der Waals surface area (Å²) in [4.78, 5) is 28.0. The van der Waals surface area contributed by atoms with Gasteiger partial charge in [-0.25, -0.2) is 15.0 Å². The Morgan fingerprint density at radius 3 is 2.79 bits per heavy atom. The molecule has 0 bridgehead atoms. The van der Waals surface area contributed by atoms with E-state index in [1.165, 1.54) is 6.92 Å². The highest BCUT2D eigenvalue weighted by Gasteiger charge is 2.23. The summed E-state index contributed by atoms with van der Waals surface area (Å²) in [5, 5.41) is 4.23. The maximum Gasteiger partial charge on any atom is 0.302 e. The molecule has 29 heavy (non-hydrogen) atoms. The number of hydrogen-bond donors (Lipinski definition) is 1. The van der Waals surface area contributed by atoms with Crippen molar-refractivity contribution in [3.8, 4) is 10.6 Å². The third-order valence-electron chi connectivity index (χ3n) is 4.71. The Balaban J connectivity index is 1.44. The quantitative estimate of drug-likeness (QED) is 0.633. The Morgan fingerprint density at radius 2 is 2.03 bits per heavy atom. The molecule has 0 aliphatic carbocycles. The molecule has 0 amide bonds. The van der Waals surface area contributed by atoms with Gasteiger partial charge in [-0.1, -0.05) is 17.4 Å². The standard InChI is InChI=1S/C21H23N5O2S/c1-14-6-9-22-20(12-14)25-19-5-3-4-17(24-19)18-13-23-21(29-18)26-10-7-16(8-11-26)28-15(2)27/h3-6,9,12-13,16H,7-8,10-11H2,1-2H3,(H,22,24,25). The fraction of sp³-hybridized carbons (Fsp3) is 0.333. The lowest BCUT2D eigenvalue weighted by Crippen LogP contribution is -2.37. The molecule has 7 nitrogen and oxygen atoms in total. The van der Waals surface area contributed by atoms with Gasteiger partial charge in [-0.15, -0.1) is 0 Å². The minimum atomic E-state index is -0.208. The number of nitrogens with zero attached hydrogens (tertiary/aromatic N) is 4. The summed E-state index contributed by atoms with van der Waals surface area (Å²) in [6.07, 6.45) is 5.32. The van der Waals surface area contributed by atoms with Crippen molar-refractivity contribution in [1.29, 1.82) is 0 Å². The van der Waals surface area contributed by atoms with E-state index in [4.69, 9.17) is 9.72 Å². The second-order valence-corrected chi connectivity index (χ2v) is 8.06. The Hall–Kier alpha value is -3.00. The summed E-state index contributed by atoms with van der Waals surface area (Å²) in [5.41, 5.74) is 2.02. The highest BCUT2D eigenvalue weighted by atomic mass is 32.1. The summed E-state index contributed by atoms with van der Waals surface area (Å²) in [5.74, 6) is 1.31. The number of anilines is 3. The third kappa shape index (κ3) is 4.89. The Morgan fingerprint density at radius 1 is 1.21 bits per heavy atom. The molecule has 150 valence electrons. The number of hydrogen-bond acceptors (Lipinski definition) is 8. The number of thiazole rings is 1. The molecule has 1 N–H and O–H groups in total. The first kappa shape index (κ1) is 19.3. The first-order valence-electron chi connectivity index (χ1n) is 9.62. The third-order valence-corrected chi connectivity index (χ3v) is 5.79. The molecular weight excluding hydrogens is 386 g/mol. The first-order chi connectivity index (χ1) is 14.1. The molecule has 1 fully saturated rings. The summed E-state index contributed by atoms with van der Waals surface area (Å²) in [6.45, 7) is 5.16. The van der Waals surface area contributed by atoms with Crippen molar-refractivity contribution in [3.63, 3.8) is 0 Å². The van der Waals surface area contributed by atoms with E-state index in [2.05, 4.69) is 20.2 Å². The van der Waals surface area contributed by atoms with E-state index in [9.17, 15) is 4.79 Å². The molecule has 0 saturated carbocycles. The number of carbonyl (C=O) groups excluding carboxylic acids is 1. The average Bonchev–Trinajstić information content (AvgIpc) is 3.19. The number of carbonyl (C=O) groups is 1. The molecule has 4 rings (SSSR count). The molecule has 1 saturated heterocycles. The van der Waals surface area contributed by atoms with Crippen molar-refractivity contribution < 1.29 is 9.53 Å². The van der Waals surface area contributed by atoms with Crippen molar-refractivity contribution in [2.24, 2.45) is 0 Å². The van der Waals surface area contributed by atoms with Crippen LogP contribution in [-0.4, -0.2) is 40.1 Å². The average molecular weight is 410 g/mol. The summed E-state index contributed by atoms with van der Waals surface area (Å²) >= 11 is 1.63. The number of rotatable bonds is 5. The molecule has 0 atom stereocenters. The predicted octanol–water partition coefficient (Wildman–Crippen LogP) is 4.18. The maximum atomic E-state index is 11.1. The van der Waals surface area contributed by atoms with Crippen molar-refractivity contribution in [3.05, 3.63) is 48.3 Å². The van der Waals surface area contributed by atoms with Gasteiger partial charge in [-0.2, -0.15) is 0 Å². The molecular formula is C21H23N5O2S. The van der Waals surface area contributed by atoms with Crippen LogP contribution in [0.2, 0.25) is 0 Å². The zero-order chi connectivity index (χ0) is 20.2. The van der Waals surface area contributed by atoms with E-state index in [0.717, 1.165) is 58.8 Å². The topological polar surface area (TPSA) is 80.2 Å². The van der Waals surface area contributed by atoms with Gasteiger partial charge in [0.25, 0.3) is 0 Å². The number of pyridine rings is 2. The van der Waals surface area contributed by atoms with Gasteiger partial charge in [0.05, 0.1) is 10.6 Å². The van der Waals surface area contributed by atoms with Crippen LogP contribution in [0.15, 0.2) is 42.7 Å². The van der Waals surface area contributed by atoms with Crippen LogP contribution in [0.5, 0.6) is 0 Å². The van der Waals surface area contributed by atoms with Gasteiger partial charge in [-0.3, -0.25) is 4.79 Å². The minimum Gasteiger partial charge on any atom is -0.462 e. The van der Waals surface area contributed by atoms with E-state index in [0.29, 0.717) is 0 Å². The molecule has 3 aromatic rings. The minimum absolute atomic E-state index is 0.0165. The zero-order valence-electron chi connectivity index (χ0n) is 16.5. The molecule has 3 aromatic heterocycles. The van der Waals surface area contributed by atoms with Gasteiger partial charge in [0, 0.05) is 45.2 Å². The van der Waals surface area contributed by atoms with Crippen LogP contribution in [0, 0.1) is 6.92 Å². The smallest absolute Gasteiger partial charge is 0.302 e. The van der Waals surface area contributed by atoms with Crippen molar-refractivity contribution in [2.75, 3.05) is 23.3 Å². The number of nitrogens with one attached hydrogen (secondary N) is 1. The Bertz CT molecular complexity index is 998. The molecule has 0 radical (unpaired) electrons. The van der Waals surface area contributed by atoms with Crippen LogP contribution in [0.1, 0.15) is 25.3 Å².